The van der Waals surface area contributed by atoms with E-state index in [1.807, 2.05) is 23.2 Å². The lowest BCUT2D eigenvalue weighted by atomic mass is 10.1. The van der Waals surface area contributed by atoms with Gasteiger partial charge in [-0.2, -0.15) is 0 Å². The fraction of sp³-hybridized carbons (Fsp3) is 0.500. The third-order valence-corrected chi connectivity index (χ3v) is 4.69. The van der Waals surface area contributed by atoms with E-state index in [4.69, 9.17) is 4.42 Å². The van der Waals surface area contributed by atoms with Gasteiger partial charge in [0.1, 0.15) is 5.76 Å². The molecular weight excluding hydrogens is 304 g/mol. The van der Waals surface area contributed by atoms with Crippen LogP contribution in [-0.4, -0.2) is 51.9 Å². The van der Waals surface area contributed by atoms with Gasteiger partial charge in [-0.25, -0.2) is 4.98 Å². The molecule has 1 atom stereocenters. The Morgan fingerprint density at radius 2 is 2.21 bits per heavy atom. The SMILES string of the molecule is Cc1ocnc1C(=O)N1CCC[C@H](N(C)Cc2ccccn2)CC1. The van der Waals surface area contributed by atoms with E-state index in [1.54, 1.807) is 6.92 Å². The first-order valence-corrected chi connectivity index (χ1v) is 8.44. The van der Waals surface area contributed by atoms with Gasteiger partial charge in [0.2, 0.25) is 0 Å². The molecule has 0 aromatic carbocycles. The van der Waals surface area contributed by atoms with E-state index in [0.717, 1.165) is 44.6 Å². The third-order valence-electron chi connectivity index (χ3n) is 4.69. The Bertz CT molecular complexity index is 671. The number of amides is 1. The molecule has 2 aromatic rings. The highest BCUT2D eigenvalue weighted by molar-refractivity contribution is 5.93. The first-order chi connectivity index (χ1) is 11.6. The summed E-state index contributed by atoms with van der Waals surface area (Å²) in [4.78, 5) is 25.3. The lowest BCUT2D eigenvalue weighted by molar-refractivity contribution is 0.0750. The predicted molar refractivity (Wildman–Crippen MR) is 90.5 cm³/mol. The number of aryl methyl sites for hydroxylation is 1. The van der Waals surface area contributed by atoms with Crippen LogP contribution in [0.2, 0.25) is 0 Å². The Morgan fingerprint density at radius 3 is 2.92 bits per heavy atom. The van der Waals surface area contributed by atoms with Crippen LogP contribution < -0.4 is 0 Å². The zero-order valence-corrected chi connectivity index (χ0v) is 14.3. The highest BCUT2D eigenvalue weighted by Crippen LogP contribution is 2.19. The van der Waals surface area contributed by atoms with Crippen molar-refractivity contribution in [2.24, 2.45) is 0 Å². The zero-order chi connectivity index (χ0) is 16.9. The molecule has 0 bridgehead atoms. The van der Waals surface area contributed by atoms with Gasteiger partial charge in [0.25, 0.3) is 5.91 Å². The van der Waals surface area contributed by atoms with Crippen molar-refractivity contribution in [3.05, 3.63) is 47.9 Å². The second-order valence-corrected chi connectivity index (χ2v) is 6.37. The maximum atomic E-state index is 12.6. The highest BCUT2D eigenvalue weighted by atomic mass is 16.3. The largest absolute Gasteiger partial charge is 0.448 e. The summed E-state index contributed by atoms with van der Waals surface area (Å²) in [6.45, 7) is 4.14. The predicted octanol–water partition coefficient (Wildman–Crippen LogP) is 2.50. The van der Waals surface area contributed by atoms with Gasteiger partial charge in [-0.15, -0.1) is 0 Å². The first-order valence-electron chi connectivity index (χ1n) is 8.44. The van der Waals surface area contributed by atoms with Gasteiger partial charge in [0, 0.05) is 31.9 Å². The molecule has 1 fully saturated rings. The molecular formula is C18H24N4O2. The molecule has 1 saturated heterocycles. The number of oxazole rings is 1. The van der Waals surface area contributed by atoms with Crippen molar-refractivity contribution in [3.8, 4) is 0 Å². The van der Waals surface area contributed by atoms with Crippen LogP contribution in [0.4, 0.5) is 0 Å². The molecule has 0 N–H and O–H groups in total. The first kappa shape index (κ1) is 16.6. The second-order valence-electron chi connectivity index (χ2n) is 6.37. The summed E-state index contributed by atoms with van der Waals surface area (Å²) in [5.74, 6) is 0.572. The summed E-state index contributed by atoms with van der Waals surface area (Å²) in [7, 11) is 2.14. The molecule has 0 saturated carbocycles. The Morgan fingerprint density at radius 1 is 1.33 bits per heavy atom. The minimum absolute atomic E-state index is 0.0192. The van der Waals surface area contributed by atoms with Crippen LogP contribution in [-0.2, 0) is 6.54 Å². The maximum absolute atomic E-state index is 12.6. The van der Waals surface area contributed by atoms with Gasteiger partial charge in [0.15, 0.2) is 12.1 Å². The normalized spacial score (nSPS) is 18.6. The molecule has 0 unspecified atom stereocenters. The van der Waals surface area contributed by atoms with E-state index in [2.05, 4.69) is 28.0 Å². The molecule has 1 amide bonds. The summed E-state index contributed by atoms with van der Waals surface area (Å²) in [6.07, 6.45) is 6.22. The van der Waals surface area contributed by atoms with Crippen molar-refractivity contribution in [1.82, 2.24) is 19.8 Å². The molecule has 128 valence electrons. The molecule has 0 radical (unpaired) electrons. The molecule has 0 aliphatic carbocycles. The summed E-state index contributed by atoms with van der Waals surface area (Å²) >= 11 is 0. The average Bonchev–Trinajstić information content (AvgIpc) is 2.87. The van der Waals surface area contributed by atoms with Crippen LogP contribution in [0.1, 0.15) is 41.2 Å². The van der Waals surface area contributed by atoms with Crippen LogP contribution in [0.25, 0.3) is 0 Å². The molecule has 6 heteroatoms. The Hall–Kier alpha value is -2.21. The summed E-state index contributed by atoms with van der Waals surface area (Å²) in [5.41, 5.74) is 1.52. The van der Waals surface area contributed by atoms with Gasteiger partial charge in [-0.3, -0.25) is 14.7 Å². The van der Waals surface area contributed by atoms with E-state index in [-0.39, 0.29) is 5.91 Å². The Labute approximate surface area is 142 Å². The number of carbonyl (C=O) groups is 1. The van der Waals surface area contributed by atoms with E-state index in [9.17, 15) is 4.79 Å². The minimum atomic E-state index is -0.0192. The molecule has 1 aliphatic rings. The van der Waals surface area contributed by atoms with Crippen LogP contribution >= 0.6 is 0 Å². The van der Waals surface area contributed by atoms with Crippen LogP contribution in [0.5, 0.6) is 0 Å². The summed E-state index contributed by atoms with van der Waals surface area (Å²) in [5, 5.41) is 0. The monoisotopic (exact) mass is 328 g/mol. The minimum Gasteiger partial charge on any atom is -0.448 e. The number of likely N-dealkylation sites (tertiary alicyclic amines) is 1. The lowest BCUT2D eigenvalue weighted by Crippen LogP contribution is -2.35. The van der Waals surface area contributed by atoms with Gasteiger partial charge < -0.3 is 9.32 Å². The van der Waals surface area contributed by atoms with Crippen molar-refractivity contribution >= 4 is 5.91 Å². The van der Waals surface area contributed by atoms with Gasteiger partial charge >= 0.3 is 0 Å². The van der Waals surface area contributed by atoms with Crippen molar-refractivity contribution < 1.29 is 9.21 Å². The summed E-state index contributed by atoms with van der Waals surface area (Å²) < 4.78 is 5.16. The number of hydrogen-bond acceptors (Lipinski definition) is 5. The molecule has 6 nitrogen and oxygen atoms in total. The molecule has 0 spiro atoms. The van der Waals surface area contributed by atoms with Crippen LogP contribution in [0.15, 0.2) is 35.2 Å². The lowest BCUT2D eigenvalue weighted by Gasteiger charge is -2.27. The molecule has 3 heterocycles. The van der Waals surface area contributed by atoms with Crippen LogP contribution in [0.3, 0.4) is 0 Å². The molecule has 1 aliphatic heterocycles. The van der Waals surface area contributed by atoms with Gasteiger partial charge in [-0.05, 0) is 45.4 Å². The second kappa shape index (κ2) is 7.57. The van der Waals surface area contributed by atoms with E-state index < -0.39 is 0 Å². The number of hydrogen-bond donors (Lipinski definition) is 0. The molecule has 24 heavy (non-hydrogen) atoms. The van der Waals surface area contributed by atoms with Crippen molar-refractivity contribution in [1.29, 1.82) is 0 Å². The van der Waals surface area contributed by atoms with Crippen molar-refractivity contribution in [2.45, 2.75) is 38.8 Å². The Balaban J connectivity index is 1.58. The Kier molecular flexibility index (Phi) is 5.25. The van der Waals surface area contributed by atoms with E-state index in [1.165, 1.54) is 6.39 Å². The number of pyridine rings is 1. The summed E-state index contributed by atoms with van der Waals surface area (Å²) in [6, 6.07) is 6.47. The number of carbonyl (C=O) groups excluding carboxylic acids is 1. The molecule has 2 aromatic heterocycles. The van der Waals surface area contributed by atoms with Crippen molar-refractivity contribution in [3.63, 3.8) is 0 Å². The number of nitrogens with zero attached hydrogens (tertiary/aromatic N) is 4. The molecule has 3 rings (SSSR count). The van der Waals surface area contributed by atoms with E-state index >= 15 is 0 Å². The average molecular weight is 328 g/mol. The standard InChI is InChI=1S/C18H24N4O2/c1-14-17(20-13-24-14)18(23)22-10-5-7-16(8-11-22)21(2)12-15-6-3-4-9-19-15/h3-4,6,9,13,16H,5,7-8,10-12H2,1-2H3/t16-/m0/s1. The van der Waals surface area contributed by atoms with Gasteiger partial charge in [-0.1, -0.05) is 6.07 Å². The fourth-order valence-corrected chi connectivity index (χ4v) is 3.26. The van der Waals surface area contributed by atoms with E-state index in [0.29, 0.717) is 17.5 Å². The van der Waals surface area contributed by atoms with Crippen LogP contribution in [0, 0.1) is 6.92 Å². The highest BCUT2D eigenvalue weighted by Gasteiger charge is 2.26. The fourth-order valence-electron chi connectivity index (χ4n) is 3.26. The quantitative estimate of drug-likeness (QED) is 0.863. The van der Waals surface area contributed by atoms with Crippen molar-refractivity contribution in [2.75, 3.05) is 20.1 Å². The van der Waals surface area contributed by atoms with Gasteiger partial charge in [0.05, 0.1) is 5.69 Å². The zero-order valence-electron chi connectivity index (χ0n) is 14.3. The maximum Gasteiger partial charge on any atom is 0.276 e. The number of rotatable bonds is 4. The number of aromatic nitrogens is 2. The topological polar surface area (TPSA) is 62.5 Å². The smallest absolute Gasteiger partial charge is 0.276 e. The third kappa shape index (κ3) is 3.82.